The molecule has 0 saturated carbocycles. The molecule has 19 heteroatoms. The highest BCUT2D eigenvalue weighted by Crippen LogP contribution is 2.45. The summed E-state index contributed by atoms with van der Waals surface area (Å²) >= 11 is 0. The summed E-state index contributed by atoms with van der Waals surface area (Å²) in [6.07, 6.45) is 47.3. The third kappa shape index (κ3) is 68.4. The van der Waals surface area contributed by atoms with E-state index in [1.807, 2.05) is 0 Å². The Morgan fingerprint density at radius 3 is 0.667 bits per heavy atom. The second-order valence-electron chi connectivity index (χ2n) is 28.6. The maximum atomic E-state index is 13.1. The number of carbonyl (C=O) groups is 4. The fraction of sp³-hybridized carbons (Fsp3) is 0.946. The normalized spacial score (nSPS) is 14.2. The van der Waals surface area contributed by atoms with Crippen molar-refractivity contribution in [2.45, 2.75) is 388 Å². The molecule has 0 aliphatic rings. The monoisotopic (exact) mass is 1370 g/mol. The van der Waals surface area contributed by atoms with Crippen molar-refractivity contribution in [1.82, 2.24) is 0 Å². The van der Waals surface area contributed by atoms with Gasteiger partial charge in [-0.15, -0.1) is 0 Å². The summed E-state index contributed by atoms with van der Waals surface area (Å²) in [5.74, 6) is 0.873. The molecule has 0 rings (SSSR count). The molecule has 93 heavy (non-hydrogen) atoms. The number of rotatable bonds is 71. The third-order valence-electron chi connectivity index (χ3n) is 17.1. The molecule has 0 aromatic carbocycles. The topological polar surface area (TPSA) is 237 Å². The van der Waals surface area contributed by atoms with Crippen LogP contribution in [-0.2, 0) is 65.4 Å². The Hall–Kier alpha value is -1.94. The van der Waals surface area contributed by atoms with E-state index < -0.39 is 97.5 Å². The molecular formula is C74H144O17P2. The molecule has 0 amide bonds. The highest BCUT2D eigenvalue weighted by Gasteiger charge is 2.30. The molecule has 0 spiro atoms. The van der Waals surface area contributed by atoms with Crippen molar-refractivity contribution < 1.29 is 80.2 Å². The number of esters is 4. The van der Waals surface area contributed by atoms with Crippen LogP contribution in [-0.4, -0.2) is 96.7 Å². The zero-order valence-electron chi connectivity index (χ0n) is 60.9. The minimum Gasteiger partial charge on any atom is -0.462 e. The molecule has 0 saturated heterocycles. The smallest absolute Gasteiger partial charge is 0.462 e. The van der Waals surface area contributed by atoms with E-state index in [-0.39, 0.29) is 25.7 Å². The molecule has 5 atom stereocenters. The van der Waals surface area contributed by atoms with Crippen LogP contribution >= 0.6 is 15.6 Å². The zero-order chi connectivity index (χ0) is 68.9. The minimum absolute atomic E-state index is 0.104. The van der Waals surface area contributed by atoms with E-state index in [1.165, 1.54) is 167 Å². The Labute approximate surface area is 568 Å². The standard InChI is InChI=1S/C74H144O17P2/c1-64(2)50-42-34-26-20-14-11-9-10-12-16-24-30-40-48-56-73(78)90-69(60-84-71(76)54-46-38-29-23-17-13-15-21-27-35-43-51-65(3)4)62-88-92(80,81)86-58-68(75)59-87-93(82,83)89-63-70(61-85-72(77)55-47-39-33-32-37-45-53-67(7)8)91-74(79)57-49-41-31-25-19-18-22-28-36-44-52-66(5)6/h64-70,75H,9-63H2,1-8H3,(H,80,81)(H,82,83)/t68-,69-,70-/m1/s1. The van der Waals surface area contributed by atoms with Gasteiger partial charge < -0.3 is 33.8 Å². The number of aliphatic hydroxyl groups is 1. The van der Waals surface area contributed by atoms with E-state index in [9.17, 15) is 43.2 Å². The fourth-order valence-corrected chi connectivity index (χ4v) is 12.8. The number of phosphoric ester groups is 2. The van der Waals surface area contributed by atoms with Crippen LogP contribution < -0.4 is 0 Å². The number of unbranched alkanes of at least 4 members (excludes halogenated alkanes) is 37. The van der Waals surface area contributed by atoms with Crippen molar-refractivity contribution in [3.8, 4) is 0 Å². The minimum atomic E-state index is -4.96. The lowest BCUT2D eigenvalue weighted by Crippen LogP contribution is -2.30. The first-order valence-corrected chi connectivity index (χ1v) is 41.2. The first kappa shape index (κ1) is 91.1. The van der Waals surface area contributed by atoms with Crippen molar-refractivity contribution in [3.63, 3.8) is 0 Å². The largest absolute Gasteiger partial charge is 0.472 e. The highest BCUT2D eigenvalue weighted by molar-refractivity contribution is 7.47. The molecule has 0 radical (unpaired) electrons. The number of ether oxygens (including phenoxy) is 4. The molecule has 3 N–H and O–H groups in total. The lowest BCUT2D eigenvalue weighted by atomic mass is 10.0. The van der Waals surface area contributed by atoms with Gasteiger partial charge in [0, 0.05) is 25.7 Å². The quantitative estimate of drug-likeness (QED) is 0.0222. The van der Waals surface area contributed by atoms with E-state index in [4.69, 9.17) is 37.0 Å². The van der Waals surface area contributed by atoms with E-state index in [1.54, 1.807) is 0 Å². The third-order valence-corrected chi connectivity index (χ3v) is 19.0. The summed E-state index contributed by atoms with van der Waals surface area (Å²) in [4.78, 5) is 72.7. The molecular weight excluding hydrogens is 1220 g/mol. The Morgan fingerprint density at radius 1 is 0.269 bits per heavy atom. The van der Waals surface area contributed by atoms with E-state index in [0.717, 1.165) is 114 Å². The number of aliphatic hydroxyl groups excluding tert-OH is 1. The second kappa shape index (κ2) is 63.5. The van der Waals surface area contributed by atoms with Gasteiger partial charge in [0.25, 0.3) is 0 Å². The molecule has 2 unspecified atom stereocenters. The number of phosphoric acid groups is 2. The van der Waals surface area contributed by atoms with Crippen molar-refractivity contribution >= 4 is 39.5 Å². The van der Waals surface area contributed by atoms with Gasteiger partial charge in [-0.3, -0.25) is 37.3 Å². The molecule has 0 fully saturated rings. The van der Waals surface area contributed by atoms with Gasteiger partial charge in [0.05, 0.1) is 26.4 Å². The highest BCUT2D eigenvalue weighted by atomic mass is 31.2. The van der Waals surface area contributed by atoms with Gasteiger partial charge in [-0.05, 0) is 49.4 Å². The molecule has 0 bridgehead atoms. The summed E-state index contributed by atoms with van der Waals surface area (Å²) in [6.45, 7) is 14.1. The average molecular weight is 1370 g/mol. The zero-order valence-corrected chi connectivity index (χ0v) is 62.7. The maximum Gasteiger partial charge on any atom is 0.472 e. The van der Waals surface area contributed by atoms with Crippen molar-refractivity contribution in [2.24, 2.45) is 23.7 Å². The summed E-state index contributed by atoms with van der Waals surface area (Å²) in [5.41, 5.74) is 0. The van der Waals surface area contributed by atoms with Gasteiger partial charge in [-0.1, -0.05) is 319 Å². The Bertz CT molecular complexity index is 1830. The Morgan fingerprint density at radius 2 is 0.452 bits per heavy atom. The van der Waals surface area contributed by atoms with Crippen LogP contribution in [0.15, 0.2) is 0 Å². The first-order chi connectivity index (χ1) is 44.6. The Kier molecular flexibility index (Phi) is 62.2. The van der Waals surface area contributed by atoms with Gasteiger partial charge in [0.1, 0.15) is 19.3 Å². The van der Waals surface area contributed by atoms with Crippen LogP contribution in [0, 0.1) is 23.7 Å². The van der Waals surface area contributed by atoms with Crippen molar-refractivity contribution in [3.05, 3.63) is 0 Å². The fourth-order valence-electron chi connectivity index (χ4n) is 11.2. The van der Waals surface area contributed by atoms with Crippen LogP contribution in [0.5, 0.6) is 0 Å². The predicted octanol–water partition coefficient (Wildman–Crippen LogP) is 21.3. The van der Waals surface area contributed by atoms with Crippen LogP contribution in [0.3, 0.4) is 0 Å². The van der Waals surface area contributed by atoms with Crippen LogP contribution in [0.2, 0.25) is 0 Å². The van der Waals surface area contributed by atoms with E-state index in [2.05, 4.69) is 55.4 Å². The predicted molar refractivity (Wildman–Crippen MR) is 377 cm³/mol. The van der Waals surface area contributed by atoms with Crippen molar-refractivity contribution in [1.29, 1.82) is 0 Å². The SMILES string of the molecule is CC(C)CCCCCCCCCCCCCCCCC(=O)O[C@H](COC(=O)CCCCCCCCCCCCCC(C)C)COP(=O)(O)OC[C@@H](O)COP(=O)(O)OC[C@@H](COC(=O)CCCCCCCCC(C)C)OC(=O)CCCCCCCCCCCCC(C)C. The molecule has 552 valence electrons. The van der Waals surface area contributed by atoms with Gasteiger partial charge in [-0.25, -0.2) is 9.13 Å². The Balaban J connectivity index is 5.24. The van der Waals surface area contributed by atoms with Gasteiger partial charge in [0.2, 0.25) is 0 Å². The summed E-state index contributed by atoms with van der Waals surface area (Å²) < 4.78 is 68.4. The van der Waals surface area contributed by atoms with Crippen molar-refractivity contribution in [2.75, 3.05) is 39.6 Å². The lowest BCUT2D eigenvalue weighted by Gasteiger charge is -2.21. The maximum absolute atomic E-state index is 13.1. The van der Waals surface area contributed by atoms with Gasteiger partial charge in [-0.2, -0.15) is 0 Å². The molecule has 0 heterocycles. The van der Waals surface area contributed by atoms with E-state index in [0.29, 0.717) is 31.6 Å². The molecule has 17 nitrogen and oxygen atoms in total. The second-order valence-corrected chi connectivity index (χ2v) is 31.5. The molecule has 0 aliphatic heterocycles. The lowest BCUT2D eigenvalue weighted by molar-refractivity contribution is -0.161. The number of hydrogen-bond donors (Lipinski definition) is 3. The van der Waals surface area contributed by atoms with Crippen LogP contribution in [0.25, 0.3) is 0 Å². The van der Waals surface area contributed by atoms with Crippen LogP contribution in [0.4, 0.5) is 0 Å². The van der Waals surface area contributed by atoms with E-state index >= 15 is 0 Å². The number of carbonyl (C=O) groups excluding carboxylic acids is 4. The number of hydrogen-bond acceptors (Lipinski definition) is 15. The average Bonchev–Trinajstić information content (AvgIpc) is 2.50. The first-order valence-electron chi connectivity index (χ1n) is 38.2. The van der Waals surface area contributed by atoms with Gasteiger partial charge in [0.15, 0.2) is 12.2 Å². The molecule has 0 aliphatic carbocycles. The molecule has 0 aromatic rings. The summed E-state index contributed by atoms with van der Waals surface area (Å²) in [5, 5.41) is 10.6. The van der Waals surface area contributed by atoms with Crippen LogP contribution in [0.1, 0.15) is 370 Å². The van der Waals surface area contributed by atoms with Gasteiger partial charge >= 0.3 is 39.5 Å². The summed E-state index contributed by atoms with van der Waals surface area (Å²) in [7, 11) is -9.91. The summed E-state index contributed by atoms with van der Waals surface area (Å²) in [6, 6.07) is 0. The molecule has 0 aromatic heterocycles.